The molecule has 0 aliphatic carbocycles. The van der Waals surface area contributed by atoms with Crippen LogP contribution in [0.15, 0.2) is 30.3 Å². The van der Waals surface area contributed by atoms with E-state index in [0.29, 0.717) is 5.92 Å². The molecule has 0 aromatic heterocycles. The molecule has 0 fully saturated rings. The van der Waals surface area contributed by atoms with E-state index in [9.17, 15) is 4.79 Å². The van der Waals surface area contributed by atoms with Crippen LogP contribution in [0, 0.1) is 11.3 Å². The Bertz CT molecular complexity index is 457. The van der Waals surface area contributed by atoms with E-state index in [4.69, 9.17) is 5.26 Å². The minimum Gasteiger partial charge on any atom is -0.301 e. The maximum atomic E-state index is 11.1. The van der Waals surface area contributed by atoms with Crippen molar-refractivity contribution in [2.24, 2.45) is 11.3 Å². The van der Waals surface area contributed by atoms with Crippen molar-refractivity contribution in [2.45, 2.75) is 65.7 Å². The third kappa shape index (κ3) is 5.80. The van der Waals surface area contributed by atoms with Crippen molar-refractivity contribution in [1.29, 1.82) is 0 Å². The highest BCUT2D eigenvalue weighted by Crippen LogP contribution is 2.41. The fourth-order valence-electron chi connectivity index (χ4n) is 3.10. The van der Waals surface area contributed by atoms with Crippen molar-refractivity contribution in [3.8, 4) is 0 Å². The molecule has 1 rings (SSSR count). The molecule has 0 radical (unpaired) electrons. The lowest BCUT2D eigenvalue weighted by Crippen LogP contribution is -2.32. The molecule has 1 N–H and O–H groups in total. The van der Waals surface area contributed by atoms with Crippen molar-refractivity contribution in [1.82, 2.24) is 0 Å². The van der Waals surface area contributed by atoms with Gasteiger partial charge in [-0.05, 0) is 41.6 Å². The lowest BCUT2D eigenvalue weighted by molar-refractivity contribution is -0.234. The maximum Gasteiger partial charge on any atom is 0.342 e. The molecule has 3 heteroatoms. The van der Waals surface area contributed by atoms with Crippen LogP contribution in [-0.2, 0) is 15.1 Å². The van der Waals surface area contributed by atoms with Crippen LogP contribution in [-0.4, -0.2) is 11.2 Å². The zero-order valence-electron chi connectivity index (χ0n) is 14.6. The van der Waals surface area contributed by atoms with E-state index >= 15 is 0 Å². The molecule has 1 aromatic carbocycles. The Hall–Kier alpha value is -1.35. The molecule has 22 heavy (non-hydrogen) atoms. The second kappa shape index (κ2) is 7.77. The Morgan fingerprint density at radius 2 is 1.73 bits per heavy atom. The summed E-state index contributed by atoms with van der Waals surface area (Å²) in [7, 11) is 0. The summed E-state index contributed by atoms with van der Waals surface area (Å²) < 4.78 is 0. The fourth-order valence-corrected chi connectivity index (χ4v) is 3.10. The van der Waals surface area contributed by atoms with Crippen LogP contribution in [0.4, 0.5) is 0 Å². The van der Waals surface area contributed by atoms with E-state index in [1.807, 2.05) is 6.07 Å². The molecule has 0 bridgehead atoms. The monoisotopic (exact) mass is 306 g/mol. The summed E-state index contributed by atoms with van der Waals surface area (Å²) in [4.78, 5) is 14.9. The summed E-state index contributed by atoms with van der Waals surface area (Å²) in [5, 5.41) is 8.37. The quantitative estimate of drug-likeness (QED) is 0.556. The van der Waals surface area contributed by atoms with Crippen molar-refractivity contribution in [2.75, 3.05) is 0 Å². The molecule has 0 spiro atoms. The van der Waals surface area contributed by atoms with Crippen molar-refractivity contribution >= 4 is 5.97 Å². The lowest BCUT2D eigenvalue weighted by Gasteiger charge is -2.39. The largest absolute Gasteiger partial charge is 0.342 e. The van der Waals surface area contributed by atoms with Crippen LogP contribution >= 0.6 is 0 Å². The van der Waals surface area contributed by atoms with Gasteiger partial charge in [0.25, 0.3) is 0 Å². The molecule has 1 unspecified atom stereocenters. The summed E-state index contributed by atoms with van der Waals surface area (Å²) in [6.07, 6.45) is 3.02. The standard InChI is InChI=1S/C19H30O3/c1-18(2,3)14-16(12-9-13-17(20)22-21)19(4,5)15-10-7-6-8-11-15/h6-8,10-11,16,21H,9,12-14H2,1-5H3. The minimum atomic E-state index is -0.549. The molecule has 0 aliphatic rings. The molecule has 3 nitrogen and oxygen atoms in total. The normalized spacial score (nSPS) is 13.7. The Morgan fingerprint density at radius 3 is 2.23 bits per heavy atom. The molecule has 0 heterocycles. The van der Waals surface area contributed by atoms with E-state index in [0.717, 1.165) is 19.3 Å². The zero-order chi connectivity index (χ0) is 16.8. The first-order valence-electron chi connectivity index (χ1n) is 8.06. The molecular weight excluding hydrogens is 276 g/mol. The zero-order valence-corrected chi connectivity index (χ0v) is 14.6. The van der Waals surface area contributed by atoms with Crippen molar-refractivity contribution in [3.05, 3.63) is 35.9 Å². The van der Waals surface area contributed by atoms with E-state index < -0.39 is 5.97 Å². The SMILES string of the molecule is CC(C)(C)CC(CCCC(=O)OO)C(C)(C)c1ccccc1. The number of carbonyl (C=O) groups excluding carboxylic acids is 1. The van der Waals surface area contributed by atoms with E-state index in [1.165, 1.54) is 5.56 Å². The van der Waals surface area contributed by atoms with Gasteiger partial charge in [0, 0.05) is 6.42 Å². The minimum absolute atomic E-state index is 0.0393. The number of benzene rings is 1. The van der Waals surface area contributed by atoms with E-state index in [1.54, 1.807) is 0 Å². The fraction of sp³-hybridized carbons (Fsp3) is 0.632. The average Bonchev–Trinajstić information content (AvgIpc) is 2.45. The number of rotatable bonds is 7. The van der Waals surface area contributed by atoms with Crippen LogP contribution < -0.4 is 0 Å². The Morgan fingerprint density at radius 1 is 1.14 bits per heavy atom. The van der Waals surface area contributed by atoms with Gasteiger partial charge in [-0.2, -0.15) is 5.26 Å². The Kier molecular flexibility index (Phi) is 6.61. The van der Waals surface area contributed by atoms with Crippen LogP contribution in [0.25, 0.3) is 0 Å². The van der Waals surface area contributed by atoms with Gasteiger partial charge in [-0.3, -0.25) is 0 Å². The van der Waals surface area contributed by atoms with Crippen LogP contribution in [0.5, 0.6) is 0 Å². The highest BCUT2D eigenvalue weighted by atomic mass is 17.1. The highest BCUT2D eigenvalue weighted by Gasteiger charge is 2.33. The van der Waals surface area contributed by atoms with E-state index in [2.05, 4.69) is 63.8 Å². The molecular formula is C19H30O3. The first-order valence-corrected chi connectivity index (χ1v) is 8.06. The molecule has 0 saturated carbocycles. The third-order valence-electron chi connectivity index (χ3n) is 4.43. The molecule has 0 amide bonds. The lowest BCUT2D eigenvalue weighted by atomic mass is 9.66. The molecule has 0 aliphatic heterocycles. The number of hydrogen-bond acceptors (Lipinski definition) is 3. The van der Waals surface area contributed by atoms with Gasteiger partial charge in [-0.1, -0.05) is 65.0 Å². The van der Waals surface area contributed by atoms with Gasteiger partial charge in [0.2, 0.25) is 0 Å². The van der Waals surface area contributed by atoms with Gasteiger partial charge in [0.05, 0.1) is 0 Å². The summed E-state index contributed by atoms with van der Waals surface area (Å²) in [5.41, 5.74) is 1.60. The van der Waals surface area contributed by atoms with Gasteiger partial charge in [0.15, 0.2) is 0 Å². The number of carbonyl (C=O) groups is 1. The van der Waals surface area contributed by atoms with Crippen LogP contribution in [0.3, 0.4) is 0 Å². The van der Waals surface area contributed by atoms with Crippen molar-refractivity contribution in [3.63, 3.8) is 0 Å². The predicted octanol–water partition coefficient (Wildman–Crippen LogP) is 5.20. The molecule has 1 atom stereocenters. The number of hydrogen-bond donors (Lipinski definition) is 1. The predicted molar refractivity (Wildman–Crippen MR) is 89.6 cm³/mol. The summed E-state index contributed by atoms with van der Waals surface area (Å²) >= 11 is 0. The van der Waals surface area contributed by atoms with Crippen LogP contribution in [0.1, 0.15) is 65.9 Å². The van der Waals surface area contributed by atoms with E-state index in [-0.39, 0.29) is 17.3 Å². The average molecular weight is 306 g/mol. The summed E-state index contributed by atoms with van der Waals surface area (Å²) in [6, 6.07) is 10.5. The molecule has 0 saturated heterocycles. The first-order chi connectivity index (χ1) is 10.2. The second-order valence-corrected chi connectivity index (χ2v) is 7.90. The van der Waals surface area contributed by atoms with Gasteiger partial charge in [-0.25, -0.2) is 4.79 Å². The van der Waals surface area contributed by atoms with Gasteiger partial charge < -0.3 is 4.89 Å². The Balaban J connectivity index is 2.86. The second-order valence-electron chi connectivity index (χ2n) is 7.90. The summed E-state index contributed by atoms with van der Waals surface area (Å²) in [5.74, 6) is -0.0894. The first kappa shape index (κ1) is 18.7. The van der Waals surface area contributed by atoms with Gasteiger partial charge in [0.1, 0.15) is 0 Å². The Labute approximate surface area is 134 Å². The highest BCUT2D eigenvalue weighted by molar-refractivity contribution is 5.68. The summed E-state index contributed by atoms with van der Waals surface area (Å²) in [6.45, 7) is 11.3. The topological polar surface area (TPSA) is 46.5 Å². The smallest absolute Gasteiger partial charge is 0.301 e. The van der Waals surface area contributed by atoms with Gasteiger partial charge >= 0.3 is 5.97 Å². The van der Waals surface area contributed by atoms with Crippen LogP contribution in [0.2, 0.25) is 0 Å². The van der Waals surface area contributed by atoms with Crippen molar-refractivity contribution < 1.29 is 14.9 Å². The third-order valence-corrected chi connectivity index (χ3v) is 4.43. The molecule has 1 aromatic rings. The molecule has 124 valence electrons. The van der Waals surface area contributed by atoms with Gasteiger partial charge in [-0.15, -0.1) is 0 Å². The maximum absolute atomic E-state index is 11.1.